The van der Waals surface area contributed by atoms with Crippen LogP contribution in [0.15, 0.2) is 29.4 Å². The Bertz CT molecular complexity index is 497. The zero-order valence-corrected chi connectivity index (χ0v) is 10.2. The van der Waals surface area contributed by atoms with Crippen LogP contribution in [-0.2, 0) is 14.7 Å². The topological polar surface area (TPSA) is 125 Å². The average Bonchev–Trinajstić information content (AvgIpc) is 2.12. The van der Waals surface area contributed by atoms with E-state index in [1.165, 1.54) is 18.3 Å². The Morgan fingerprint density at radius 1 is 1.38 bits per heavy atom. The van der Waals surface area contributed by atoms with Crippen molar-refractivity contribution < 1.29 is 27.3 Å². The number of thioether (sulfide) groups is 1. The summed E-state index contributed by atoms with van der Waals surface area (Å²) in [5, 5.41) is 0.0912. The molecule has 0 aliphatic carbocycles. The van der Waals surface area contributed by atoms with E-state index in [1.807, 2.05) is 0 Å². The predicted molar refractivity (Wildman–Crippen MR) is 57.5 cm³/mol. The number of pyridine rings is 1. The maximum atomic E-state index is 10.9. The van der Waals surface area contributed by atoms with Crippen molar-refractivity contribution in [2.75, 3.05) is 0 Å². The van der Waals surface area contributed by atoms with E-state index in [0.717, 1.165) is 0 Å². The summed E-state index contributed by atoms with van der Waals surface area (Å²) >= 11 is 0.290. The van der Waals surface area contributed by atoms with Gasteiger partial charge < -0.3 is 9.79 Å². The van der Waals surface area contributed by atoms with Crippen molar-refractivity contribution in [2.24, 2.45) is 0 Å². The van der Waals surface area contributed by atoms with Gasteiger partial charge in [0.2, 0.25) is 4.32 Å². The Labute approximate surface area is 95.8 Å². The van der Waals surface area contributed by atoms with Gasteiger partial charge in [-0.3, -0.25) is 9.12 Å². The van der Waals surface area contributed by atoms with E-state index in [4.69, 9.17) is 14.3 Å². The minimum atomic E-state index is -4.98. The summed E-state index contributed by atoms with van der Waals surface area (Å²) in [7, 11) is -9.84. The van der Waals surface area contributed by atoms with Gasteiger partial charge in [0.1, 0.15) is 0 Å². The molecule has 0 amide bonds. The molecule has 1 aromatic rings. The molecule has 0 aliphatic heterocycles. The molecular formula is C6H8NO6PS2. The third-order valence-electron chi connectivity index (χ3n) is 1.39. The third-order valence-corrected chi connectivity index (χ3v) is 6.91. The Hall–Kier alpha value is -0.440. The quantitative estimate of drug-likeness (QED) is 0.415. The van der Waals surface area contributed by atoms with Crippen LogP contribution in [-0.4, -0.2) is 32.1 Å². The third kappa shape index (κ3) is 3.85. The normalized spacial score (nSPS) is 14.7. The second kappa shape index (κ2) is 4.82. The predicted octanol–water partition coefficient (Wildman–Crippen LogP) is 0.523. The van der Waals surface area contributed by atoms with Crippen molar-refractivity contribution in [2.45, 2.75) is 9.35 Å². The van der Waals surface area contributed by atoms with Crippen LogP contribution >= 0.6 is 19.4 Å². The molecular weight excluding hydrogens is 277 g/mol. The van der Waals surface area contributed by atoms with Gasteiger partial charge in [0.25, 0.3) is 10.1 Å². The van der Waals surface area contributed by atoms with Crippen LogP contribution in [0.3, 0.4) is 0 Å². The zero-order valence-electron chi connectivity index (χ0n) is 7.66. The van der Waals surface area contributed by atoms with E-state index in [0.29, 0.717) is 11.8 Å². The number of aromatic nitrogens is 1. The molecule has 1 aromatic heterocycles. The summed E-state index contributed by atoms with van der Waals surface area (Å²) in [5.74, 6) is 0. The highest BCUT2D eigenvalue weighted by molar-refractivity contribution is 8.18. The first-order valence-electron chi connectivity index (χ1n) is 3.80. The van der Waals surface area contributed by atoms with Crippen LogP contribution < -0.4 is 0 Å². The first kappa shape index (κ1) is 13.6. The lowest BCUT2D eigenvalue weighted by molar-refractivity contribution is 0.373. The smallest absolute Gasteiger partial charge is 0.323 e. The monoisotopic (exact) mass is 285 g/mol. The molecule has 0 saturated heterocycles. The lowest BCUT2D eigenvalue weighted by Crippen LogP contribution is -2.17. The first-order valence-corrected chi connectivity index (χ1v) is 7.87. The fourth-order valence-electron chi connectivity index (χ4n) is 0.823. The molecule has 0 bridgehead atoms. The van der Waals surface area contributed by atoms with Crippen LogP contribution in [0.1, 0.15) is 0 Å². The number of hydrogen-bond acceptors (Lipinski definition) is 5. The fourth-order valence-corrected chi connectivity index (χ4v) is 4.35. The van der Waals surface area contributed by atoms with E-state index >= 15 is 0 Å². The van der Waals surface area contributed by atoms with Gasteiger partial charge >= 0.3 is 7.60 Å². The maximum absolute atomic E-state index is 10.9. The van der Waals surface area contributed by atoms with Crippen molar-refractivity contribution in [1.29, 1.82) is 0 Å². The van der Waals surface area contributed by atoms with Crippen LogP contribution in [0, 0.1) is 0 Å². The largest absolute Gasteiger partial charge is 0.356 e. The zero-order chi connectivity index (χ0) is 12.4. The Morgan fingerprint density at radius 3 is 2.38 bits per heavy atom. The molecule has 7 nitrogen and oxygen atoms in total. The molecule has 0 aromatic carbocycles. The molecule has 10 heteroatoms. The molecule has 1 atom stereocenters. The van der Waals surface area contributed by atoms with Crippen LogP contribution in [0.4, 0.5) is 0 Å². The minimum Gasteiger partial charge on any atom is -0.323 e. The molecule has 1 heterocycles. The first-order chi connectivity index (χ1) is 7.21. The fraction of sp³-hybridized carbons (Fsp3) is 0.167. The van der Waals surface area contributed by atoms with Gasteiger partial charge in [-0.25, -0.2) is 4.98 Å². The van der Waals surface area contributed by atoms with Gasteiger partial charge in [-0.1, -0.05) is 17.8 Å². The molecule has 90 valence electrons. The van der Waals surface area contributed by atoms with E-state index in [-0.39, 0.29) is 5.03 Å². The summed E-state index contributed by atoms with van der Waals surface area (Å²) in [6.07, 6.45) is 1.34. The summed E-state index contributed by atoms with van der Waals surface area (Å²) in [6.45, 7) is 0. The van der Waals surface area contributed by atoms with Crippen LogP contribution in [0.5, 0.6) is 0 Å². The van der Waals surface area contributed by atoms with Crippen molar-refractivity contribution in [3.05, 3.63) is 24.4 Å². The lowest BCUT2D eigenvalue weighted by atomic mass is 10.5. The van der Waals surface area contributed by atoms with Crippen molar-refractivity contribution in [3.8, 4) is 0 Å². The number of hydrogen-bond donors (Lipinski definition) is 3. The number of nitrogens with zero attached hydrogens (tertiary/aromatic N) is 1. The Morgan fingerprint density at radius 2 is 2.00 bits per heavy atom. The van der Waals surface area contributed by atoms with Gasteiger partial charge in [0.15, 0.2) is 0 Å². The summed E-state index contributed by atoms with van der Waals surface area (Å²) in [4.78, 5) is 21.3. The van der Waals surface area contributed by atoms with E-state index in [2.05, 4.69) is 4.98 Å². The summed E-state index contributed by atoms with van der Waals surface area (Å²) < 4.78 is 38.9. The summed E-state index contributed by atoms with van der Waals surface area (Å²) in [6, 6.07) is 4.46. The highest BCUT2D eigenvalue weighted by Gasteiger charge is 2.41. The second-order valence-corrected chi connectivity index (χ2v) is 8.02. The van der Waals surface area contributed by atoms with Crippen molar-refractivity contribution >= 4 is 29.5 Å². The molecule has 0 saturated carbocycles. The molecule has 3 N–H and O–H groups in total. The SMILES string of the molecule is O=P(O)(O)C(Sc1ccccn1)S(=O)(=O)O. The lowest BCUT2D eigenvalue weighted by Gasteiger charge is -2.13. The maximum Gasteiger partial charge on any atom is 0.356 e. The number of rotatable bonds is 4. The van der Waals surface area contributed by atoms with Crippen molar-refractivity contribution in [1.82, 2.24) is 4.98 Å². The summed E-state index contributed by atoms with van der Waals surface area (Å²) in [5.41, 5.74) is 0. The molecule has 0 aliphatic rings. The van der Waals surface area contributed by atoms with E-state index in [9.17, 15) is 13.0 Å². The van der Waals surface area contributed by atoms with Gasteiger partial charge in [0.05, 0.1) is 5.03 Å². The highest BCUT2D eigenvalue weighted by Crippen LogP contribution is 2.51. The molecule has 1 rings (SSSR count). The molecule has 0 radical (unpaired) electrons. The van der Waals surface area contributed by atoms with Crippen LogP contribution in [0.2, 0.25) is 0 Å². The molecule has 0 spiro atoms. The second-order valence-electron chi connectivity index (χ2n) is 2.70. The van der Waals surface area contributed by atoms with Gasteiger partial charge in [-0.15, -0.1) is 0 Å². The van der Waals surface area contributed by atoms with Crippen LogP contribution in [0.25, 0.3) is 0 Å². The van der Waals surface area contributed by atoms with Gasteiger partial charge in [0, 0.05) is 6.20 Å². The molecule has 16 heavy (non-hydrogen) atoms. The van der Waals surface area contributed by atoms with E-state index < -0.39 is 22.0 Å². The Balaban J connectivity index is 3.03. The standard InChI is InChI=1S/C6H8NO6PS2/c8-14(9,10)6(16(11,12)13)15-5-3-1-2-4-7-5/h1-4,6H,(H2,8,9,10)(H,11,12,13). The molecule has 1 unspecified atom stereocenters. The average molecular weight is 285 g/mol. The van der Waals surface area contributed by atoms with Gasteiger partial charge in [-0.2, -0.15) is 8.42 Å². The Kier molecular flexibility index (Phi) is 4.11. The highest BCUT2D eigenvalue weighted by atomic mass is 32.3. The van der Waals surface area contributed by atoms with E-state index in [1.54, 1.807) is 6.07 Å². The minimum absolute atomic E-state index is 0.0912. The van der Waals surface area contributed by atoms with Gasteiger partial charge in [-0.05, 0) is 12.1 Å². The van der Waals surface area contributed by atoms with Crippen molar-refractivity contribution in [3.63, 3.8) is 0 Å². The molecule has 0 fully saturated rings.